The number of amides is 1. The highest BCUT2D eigenvalue weighted by Gasteiger charge is 2.37. The summed E-state index contributed by atoms with van der Waals surface area (Å²) in [5.74, 6) is 1.87. The minimum atomic E-state index is -0.745. The number of rotatable bonds is 8. The molecule has 162 valence electrons. The molecule has 6 nitrogen and oxygen atoms in total. The molecule has 1 N–H and O–H groups in total. The SMILES string of the molecule is COc1ccc(CC(NC(C)=O)C(=O)OC2(C)CCC(C(C)C)CC2)cc1OC. The van der Waals surface area contributed by atoms with Crippen molar-refractivity contribution in [2.75, 3.05) is 14.2 Å². The van der Waals surface area contributed by atoms with E-state index in [1.165, 1.54) is 6.92 Å². The predicted molar refractivity (Wildman–Crippen MR) is 112 cm³/mol. The van der Waals surface area contributed by atoms with E-state index in [1.54, 1.807) is 20.3 Å². The van der Waals surface area contributed by atoms with Crippen LogP contribution < -0.4 is 14.8 Å². The first-order chi connectivity index (χ1) is 13.7. The highest BCUT2D eigenvalue weighted by atomic mass is 16.6. The van der Waals surface area contributed by atoms with Crippen molar-refractivity contribution in [1.82, 2.24) is 5.32 Å². The molecule has 0 spiro atoms. The quantitative estimate of drug-likeness (QED) is 0.664. The molecule has 0 radical (unpaired) electrons. The van der Waals surface area contributed by atoms with Crippen molar-refractivity contribution < 1.29 is 23.8 Å². The molecule has 0 aromatic heterocycles. The number of benzene rings is 1. The van der Waals surface area contributed by atoms with Gasteiger partial charge in [-0.2, -0.15) is 0 Å². The van der Waals surface area contributed by atoms with Crippen LogP contribution in [0, 0.1) is 11.8 Å². The van der Waals surface area contributed by atoms with Gasteiger partial charge in [0.2, 0.25) is 5.91 Å². The van der Waals surface area contributed by atoms with Crippen molar-refractivity contribution in [2.45, 2.75) is 71.4 Å². The van der Waals surface area contributed by atoms with Crippen molar-refractivity contribution in [2.24, 2.45) is 11.8 Å². The van der Waals surface area contributed by atoms with E-state index >= 15 is 0 Å². The van der Waals surface area contributed by atoms with Gasteiger partial charge < -0.3 is 19.5 Å². The molecule has 1 aliphatic carbocycles. The molecule has 2 rings (SSSR count). The van der Waals surface area contributed by atoms with E-state index < -0.39 is 11.6 Å². The molecule has 0 bridgehead atoms. The summed E-state index contributed by atoms with van der Waals surface area (Å²) in [5, 5.41) is 2.74. The molecule has 1 amide bonds. The van der Waals surface area contributed by atoms with E-state index in [-0.39, 0.29) is 11.9 Å². The normalized spacial score (nSPS) is 22.7. The molecule has 1 aromatic carbocycles. The molecule has 0 aliphatic heterocycles. The average molecular weight is 406 g/mol. The Morgan fingerprint density at radius 2 is 1.76 bits per heavy atom. The summed E-state index contributed by atoms with van der Waals surface area (Å²) in [6.07, 6.45) is 4.14. The van der Waals surface area contributed by atoms with Gasteiger partial charge in [0.15, 0.2) is 11.5 Å². The second kappa shape index (κ2) is 9.99. The predicted octanol–water partition coefficient (Wildman–Crippen LogP) is 3.90. The van der Waals surface area contributed by atoms with Crippen LogP contribution in [0.5, 0.6) is 11.5 Å². The van der Waals surface area contributed by atoms with E-state index in [0.717, 1.165) is 31.2 Å². The number of carbonyl (C=O) groups is 2. The molecule has 29 heavy (non-hydrogen) atoms. The highest BCUT2D eigenvalue weighted by molar-refractivity contribution is 5.83. The summed E-state index contributed by atoms with van der Waals surface area (Å²) in [5.41, 5.74) is 0.378. The van der Waals surface area contributed by atoms with E-state index in [2.05, 4.69) is 19.2 Å². The molecule has 0 saturated heterocycles. The van der Waals surface area contributed by atoms with E-state index in [0.29, 0.717) is 29.8 Å². The lowest BCUT2D eigenvalue weighted by atomic mass is 9.75. The Balaban J connectivity index is 2.09. The van der Waals surface area contributed by atoms with Crippen molar-refractivity contribution in [3.05, 3.63) is 23.8 Å². The lowest BCUT2D eigenvalue weighted by molar-refractivity contribution is -0.165. The maximum atomic E-state index is 13.0. The molecule has 1 aliphatic rings. The number of methoxy groups -OCH3 is 2. The van der Waals surface area contributed by atoms with Gasteiger partial charge in [0.1, 0.15) is 11.6 Å². The number of carbonyl (C=O) groups excluding carboxylic acids is 2. The summed E-state index contributed by atoms with van der Waals surface area (Å²) in [7, 11) is 3.14. The van der Waals surface area contributed by atoms with Crippen LogP contribution in [0.15, 0.2) is 18.2 Å². The van der Waals surface area contributed by atoms with Crippen molar-refractivity contribution in [3.63, 3.8) is 0 Å². The number of esters is 1. The molecule has 1 saturated carbocycles. The molecule has 1 atom stereocenters. The molecule has 1 aromatic rings. The maximum absolute atomic E-state index is 13.0. The van der Waals surface area contributed by atoms with Gasteiger partial charge >= 0.3 is 5.97 Å². The van der Waals surface area contributed by atoms with E-state index in [9.17, 15) is 9.59 Å². The second-order valence-corrected chi connectivity index (χ2v) is 8.60. The monoisotopic (exact) mass is 405 g/mol. The molecule has 1 fully saturated rings. The van der Waals surface area contributed by atoms with Gasteiger partial charge in [0.25, 0.3) is 0 Å². The third-order valence-electron chi connectivity index (χ3n) is 5.93. The Bertz CT molecular complexity index is 707. The maximum Gasteiger partial charge on any atom is 0.329 e. The van der Waals surface area contributed by atoms with Gasteiger partial charge in [-0.05, 0) is 62.1 Å². The van der Waals surface area contributed by atoms with Crippen LogP contribution in [0.4, 0.5) is 0 Å². The van der Waals surface area contributed by atoms with Crippen LogP contribution in [0.3, 0.4) is 0 Å². The number of hydrogen-bond acceptors (Lipinski definition) is 5. The largest absolute Gasteiger partial charge is 0.493 e. The van der Waals surface area contributed by atoms with Crippen molar-refractivity contribution >= 4 is 11.9 Å². The van der Waals surface area contributed by atoms with Crippen LogP contribution in [-0.2, 0) is 20.7 Å². The fraction of sp³-hybridized carbons (Fsp3) is 0.652. The Morgan fingerprint density at radius 3 is 2.28 bits per heavy atom. The van der Waals surface area contributed by atoms with Crippen LogP contribution in [0.2, 0.25) is 0 Å². The molecule has 1 unspecified atom stereocenters. The first-order valence-electron chi connectivity index (χ1n) is 10.4. The molecule has 6 heteroatoms. The average Bonchev–Trinajstić information content (AvgIpc) is 2.67. The van der Waals surface area contributed by atoms with Crippen molar-refractivity contribution in [3.8, 4) is 11.5 Å². The summed E-state index contributed by atoms with van der Waals surface area (Å²) >= 11 is 0. The smallest absolute Gasteiger partial charge is 0.329 e. The summed E-state index contributed by atoms with van der Waals surface area (Å²) in [6, 6.07) is 4.72. The van der Waals surface area contributed by atoms with Crippen LogP contribution in [-0.4, -0.2) is 37.7 Å². The molecule has 0 heterocycles. The van der Waals surface area contributed by atoms with Crippen LogP contribution in [0.1, 0.15) is 58.9 Å². The van der Waals surface area contributed by atoms with E-state index in [1.807, 2.05) is 19.1 Å². The second-order valence-electron chi connectivity index (χ2n) is 8.60. The topological polar surface area (TPSA) is 73.9 Å². The van der Waals surface area contributed by atoms with Crippen molar-refractivity contribution in [1.29, 1.82) is 0 Å². The minimum absolute atomic E-state index is 0.263. The van der Waals surface area contributed by atoms with Crippen LogP contribution in [0.25, 0.3) is 0 Å². The standard InChI is InChI=1S/C23H35NO5/c1-15(2)18-9-11-23(4,12-10-18)29-22(26)19(24-16(3)25)13-17-7-8-20(27-5)21(14-17)28-6/h7-8,14-15,18-19H,9-13H2,1-6H3,(H,24,25). The zero-order valence-electron chi connectivity index (χ0n) is 18.5. The van der Waals surface area contributed by atoms with Crippen LogP contribution >= 0.6 is 0 Å². The zero-order valence-corrected chi connectivity index (χ0v) is 18.5. The minimum Gasteiger partial charge on any atom is -0.493 e. The third kappa shape index (κ3) is 6.38. The number of nitrogens with one attached hydrogen (secondary N) is 1. The zero-order chi connectivity index (χ0) is 21.6. The molecular weight excluding hydrogens is 370 g/mol. The lowest BCUT2D eigenvalue weighted by Crippen LogP contribution is -2.47. The van der Waals surface area contributed by atoms with Gasteiger partial charge in [-0.25, -0.2) is 4.79 Å². The van der Waals surface area contributed by atoms with Gasteiger partial charge in [0, 0.05) is 13.3 Å². The van der Waals surface area contributed by atoms with Gasteiger partial charge in [0.05, 0.1) is 14.2 Å². The highest BCUT2D eigenvalue weighted by Crippen LogP contribution is 2.38. The Hall–Kier alpha value is -2.24. The fourth-order valence-electron chi connectivity index (χ4n) is 4.02. The Morgan fingerprint density at radius 1 is 1.14 bits per heavy atom. The van der Waals surface area contributed by atoms with Gasteiger partial charge in [-0.15, -0.1) is 0 Å². The number of ether oxygens (including phenoxy) is 3. The first kappa shape index (κ1) is 23.0. The summed E-state index contributed by atoms with van der Waals surface area (Å²) < 4.78 is 16.5. The summed E-state index contributed by atoms with van der Waals surface area (Å²) in [4.78, 5) is 24.7. The Kier molecular flexibility index (Phi) is 7.94. The Labute approximate surface area is 174 Å². The summed E-state index contributed by atoms with van der Waals surface area (Å²) in [6.45, 7) is 7.90. The molecular formula is C23H35NO5. The van der Waals surface area contributed by atoms with E-state index in [4.69, 9.17) is 14.2 Å². The number of hydrogen-bond donors (Lipinski definition) is 1. The first-order valence-corrected chi connectivity index (χ1v) is 10.4. The van der Waals surface area contributed by atoms with Gasteiger partial charge in [-0.1, -0.05) is 19.9 Å². The van der Waals surface area contributed by atoms with Gasteiger partial charge in [-0.3, -0.25) is 4.79 Å². The third-order valence-corrected chi connectivity index (χ3v) is 5.93. The lowest BCUT2D eigenvalue weighted by Gasteiger charge is -2.39. The fourth-order valence-corrected chi connectivity index (χ4v) is 4.02.